The molecule has 6 heteroatoms. The first-order chi connectivity index (χ1) is 13.4. The van der Waals surface area contributed by atoms with E-state index in [0.717, 1.165) is 31.7 Å². The van der Waals surface area contributed by atoms with Crippen LogP contribution in [0.2, 0.25) is 10.0 Å². The molecule has 2 aromatic carbocycles. The van der Waals surface area contributed by atoms with Crippen LogP contribution in [-0.4, -0.2) is 42.5 Å². The third-order valence-electron chi connectivity index (χ3n) is 5.32. The summed E-state index contributed by atoms with van der Waals surface area (Å²) in [6.45, 7) is 6.15. The fourth-order valence-electron chi connectivity index (χ4n) is 3.74. The van der Waals surface area contributed by atoms with E-state index in [-0.39, 0.29) is 6.03 Å². The number of rotatable bonds is 6. The van der Waals surface area contributed by atoms with Gasteiger partial charge in [0.1, 0.15) is 0 Å². The maximum absolute atomic E-state index is 12.6. The molecular formula is C22H27Cl2N3O. The van der Waals surface area contributed by atoms with Crippen LogP contribution in [-0.2, 0) is 13.1 Å². The number of hydrogen-bond acceptors (Lipinski definition) is 2. The summed E-state index contributed by atoms with van der Waals surface area (Å²) in [5.41, 5.74) is 2.25. The van der Waals surface area contributed by atoms with Crippen LogP contribution in [0.1, 0.15) is 18.1 Å². The number of nitrogens with one attached hydrogen (secondary N) is 1. The summed E-state index contributed by atoms with van der Waals surface area (Å²) in [7, 11) is 2.15. The van der Waals surface area contributed by atoms with E-state index < -0.39 is 0 Å². The minimum absolute atomic E-state index is 0.0221. The Morgan fingerprint density at radius 3 is 2.57 bits per heavy atom. The fourth-order valence-corrected chi connectivity index (χ4v) is 4.06. The third-order valence-corrected chi connectivity index (χ3v) is 6.06. The standard InChI is InChI=1S/C22H27Cl2N3O/c1-16-12-27(22(28)25-11-18-8-9-20(23)21(24)10-18)15-19(16)14-26(2)13-17-6-4-3-5-7-17/h3-10,16,19H,11-15H2,1-2H3,(H,25,28)/t16-,19+/m1/s1. The van der Waals surface area contributed by atoms with Crippen LogP contribution in [0.5, 0.6) is 0 Å². The van der Waals surface area contributed by atoms with Gasteiger partial charge in [-0.3, -0.25) is 0 Å². The molecule has 2 atom stereocenters. The van der Waals surface area contributed by atoms with Gasteiger partial charge in [-0.05, 0) is 42.1 Å². The van der Waals surface area contributed by atoms with Gasteiger partial charge in [-0.2, -0.15) is 0 Å². The summed E-state index contributed by atoms with van der Waals surface area (Å²) in [4.78, 5) is 16.8. The fraction of sp³-hybridized carbons (Fsp3) is 0.409. The van der Waals surface area contributed by atoms with Crippen molar-refractivity contribution in [2.45, 2.75) is 20.0 Å². The minimum Gasteiger partial charge on any atom is -0.334 e. The first-order valence-electron chi connectivity index (χ1n) is 9.61. The van der Waals surface area contributed by atoms with E-state index in [0.29, 0.717) is 28.4 Å². The molecule has 150 valence electrons. The predicted molar refractivity (Wildman–Crippen MR) is 116 cm³/mol. The number of hydrogen-bond donors (Lipinski definition) is 1. The molecule has 0 aliphatic carbocycles. The Balaban J connectivity index is 1.48. The van der Waals surface area contributed by atoms with Crippen molar-refractivity contribution in [2.24, 2.45) is 11.8 Å². The number of amides is 2. The second-order valence-corrected chi connectivity index (χ2v) is 8.55. The van der Waals surface area contributed by atoms with Crippen LogP contribution in [0.3, 0.4) is 0 Å². The van der Waals surface area contributed by atoms with Crippen LogP contribution in [0.25, 0.3) is 0 Å². The van der Waals surface area contributed by atoms with Gasteiger partial charge in [-0.25, -0.2) is 4.79 Å². The molecule has 0 aromatic heterocycles. The van der Waals surface area contributed by atoms with Crippen molar-refractivity contribution in [3.63, 3.8) is 0 Å². The maximum Gasteiger partial charge on any atom is 0.317 e. The van der Waals surface area contributed by atoms with Crippen LogP contribution >= 0.6 is 23.2 Å². The van der Waals surface area contributed by atoms with Crippen LogP contribution in [0.4, 0.5) is 4.79 Å². The lowest BCUT2D eigenvalue weighted by Gasteiger charge is -2.23. The number of halogens is 2. The van der Waals surface area contributed by atoms with E-state index in [2.05, 4.69) is 48.5 Å². The van der Waals surface area contributed by atoms with Crippen LogP contribution < -0.4 is 5.32 Å². The molecular weight excluding hydrogens is 393 g/mol. The second-order valence-electron chi connectivity index (χ2n) is 7.73. The molecule has 0 radical (unpaired) electrons. The van der Waals surface area contributed by atoms with Crippen molar-refractivity contribution in [1.82, 2.24) is 15.1 Å². The van der Waals surface area contributed by atoms with E-state index >= 15 is 0 Å². The molecule has 1 heterocycles. The first kappa shape index (κ1) is 21.0. The van der Waals surface area contributed by atoms with Crippen molar-refractivity contribution in [2.75, 3.05) is 26.7 Å². The van der Waals surface area contributed by atoms with Crippen LogP contribution in [0, 0.1) is 11.8 Å². The van der Waals surface area contributed by atoms with Crippen molar-refractivity contribution >= 4 is 29.2 Å². The molecule has 0 unspecified atom stereocenters. The molecule has 0 spiro atoms. The number of nitrogens with zero attached hydrogens (tertiary/aromatic N) is 2. The van der Waals surface area contributed by atoms with E-state index in [9.17, 15) is 4.79 Å². The van der Waals surface area contributed by atoms with Crippen molar-refractivity contribution in [3.8, 4) is 0 Å². The summed E-state index contributed by atoms with van der Waals surface area (Å²) >= 11 is 12.0. The highest BCUT2D eigenvalue weighted by Gasteiger charge is 2.32. The summed E-state index contributed by atoms with van der Waals surface area (Å²) in [6, 6.07) is 15.9. The van der Waals surface area contributed by atoms with E-state index in [1.165, 1.54) is 5.56 Å². The Labute approximate surface area is 177 Å². The second kappa shape index (κ2) is 9.64. The average molecular weight is 420 g/mol. The molecule has 1 fully saturated rings. The predicted octanol–water partition coefficient (Wildman–Crippen LogP) is 4.90. The van der Waals surface area contributed by atoms with Gasteiger partial charge in [0.05, 0.1) is 10.0 Å². The molecule has 1 N–H and O–H groups in total. The Kier molecular flexibility index (Phi) is 7.22. The van der Waals surface area contributed by atoms with Gasteiger partial charge in [-0.15, -0.1) is 0 Å². The first-order valence-corrected chi connectivity index (χ1v) is 10.4. The number of benzene rings is 2. The van der Waals surface area contributed by atoms with Crippen LogP contribution in [0.15, 0.2) is 48.5 Å². The molecule has 1 aliphatic heterocycles. The maximum atomic E-state index is 12.6. The molecule has 2 aromatic rings. The summed E-state index contributed by atoms with van der Waals surface area (Å²) in [5, 5.41) is 4.02. The van der Waals surface area contributed by atoms with E-state index in [1.54, 1.807) is 12.1 Å². The molecule has 2 amide bonds. The zero-order valence-corrected chi connectivity index (χ0v) is 17.9. The van der Waals surface area contributed by atoms with Gasteiger partial charge in [0.15, 0.2) is 0 Å². The molecule has 1 saturated heterocycles. The monoisotopic (exact) mass is 419 g/mol. The van der Waals surface area contributed by atoms with Crippen molar-refractivity contribution < 1.29 is 4.79 Å². The van der Waals surface area contributed by atoms with Gasteiger partial charge < -0.3 is 15.1 Å². The topological polar surface area (TPSA) is 35.6 Å². The largest absolute Gasteiger partial charge is 0.334 e. The molecule has 0 saturated carbocycles. The summed E-state index contributed by atoms with van der Waals surface area (Å²) in [6.07, 6.45) is 0. The van der Waals surface area contributed by atoms with E-state index in [4.69, 9.17) is 23.2 Å². The normalized spacial score (nSPS) is 19.2. The average Bonchev–Trinajstić information content (AvgIpc) is 3.03. The highest BCUT2D eigenvalue weighted by Crippen LogP contribution is 2.25. The molecule has 28 heavy (non-hydrogen) atoms. The van der Waals surface area contributed by atoms with Crippen molar-refractivity contribution in [3.05, 3.63) is 69.7 Å². The minimum atomic E-state index is -0.0221. The number of carbonyl (C=O) groups is 1. The van der Waals surface area contributed by atoms with Gasteiger partial charge >= 0.3 is 6.03 Å². The SMILES string of the molecule is C[C@@H]1CN(C(=O)NCc2ccc(Cl)c(Cl)c2)C[C@@H]1CN(C)Cc1ccccc1. The Bertz CT molecular complexity index is 800. The lowest BCUT2D eigenvalue weighted by Crippen LogP contribution is -2.38. The zero-order chi connectivity index (χ0) is 20.1. The Morgan fingerprint density at radius 1 is 1.11 bits per heavy atom. The van der Waals surface area contributed by atoms with Gasteiger partial charge in [0.25, 0.3) is 0 Å². The van der Waals surface area contributed by atoms with Crippen molar-refractivity contribution in [1.29, 1.82) is 0 Å². The number of urea groups is 1. The number of likely N-dealkylation sites (tertiary alicyclic amines) is 1. The Hall–Kier alpha value is -1.75. The Morgan fingerprint density at radius 2 is 1.86 bits per heavy atom. The van der Waals surface area contributed by atoms with Gasteiger partial charge in [0, 0.05) is 32.7 Å². The van der Waals surface area contributed by atoms with Gasteiger partial charge in [-0.1, -0.05) is 66.5 Å². The number of carbonyl (C=O) groups excluding carboxylic acids is 1. The highest BCUT2D eigenvalue weighted by molar-refractivity contribution is 6.42. The summed E-state index contributed by atoms with van der Waals surface area (Å²) < 4.78 is 0. The highest BCUT2D eigenvalue weighted by atomic mass is 35.5. The quantitative estimate of drug-likeness (QED) is 0.722. The van der Waals surface area contributed by atoms with E-state index in [1.807, 2.05) is 17.0 Å². The molecule has 3 rings (SSSR count). The lowest BCUT2D eigenvalue weighted by molar-refractivity contribution is 0.203. The smallest absolute Gasteiger partial charge is 0.317 e. The third kappa shape index (κ3) is 5.63. The molecule has 1 aliphatic rings. The summed E-state index contributed by atoms with van der Waals surface area (Å²) in [5.74, 6) is 0.957. The molecule has 4 nitrogen and oxygen atoms in total. The van der Waals surface area contributed by atoms with Gasteiger partial charge in [0.2, 0.25) is 0 Å². The molecule has 0 bridgehead atoms. The zero-order valence-electron chi connectivity index (χ0n) is 16.4. The lowest BCUT2D eigenvalue weighted by atomic mass is 9.97.